The van der Waals surface area contributed by atoms with Gasteiger partial charge in [-0.1, -0.05) is 11.6 Å². The molecular weight excluding hydrogens is 317 g/mol. The lowest BCUT2D eigenvalue weighted by atomic mass is 10.5. The molecule has 0 saturated carbocycles. The molecular formula is C9H7Cl2N3O2S2. The number of halogens is 2. The normalized spacial score (nSPS) is 11.5. The van der Waals surface area contributed by atoms with E-state index in [1.807, 2.05) is 6.92 Å². The molecule has 0 aromatic carbocycles. The van der Waals surface area contributed by atoms with Crippen LogP contribution < -0.4 is 4.72 Å². The summed E-state index contributed by atoms with van der Waals surface area (Å²) >= 11 is 12.4. The van der Waals surface area contributed by atoms with E-state index in [0.29, 0.717) is 0 Å². The smallest absolute Gasteiger partial charge is 0.262 e. The molecule has 0 atom stereocenters. The van der Waals surface area contributed by atoms with E-state index in [1.54, 1.807) is 6.07 Å². The van der Waals surface area contributed by atoms with Crippen LogP contribution in [0.4, 0.5) is 5.82 Å². The van der Waals surface area contributed by atoms with E-state index in [1.165, 1.54) is 12.1 Å². The van der Waals surface area contributed by atoms with E-state index in [4.69, 9.17) is 23.2 Å². The number of thiophene rings is 1. The Morgan fingerprint density at radius 2 is 2.00 bits per heavy atom. The first kappa shape index (κ1) is 13.5. The molecule has 0 spiro atoms. The molecule has 0 fully saturated rings. The van der Waals surface area contributed by atoms with Crippen LogP contribution in [0.1, 0.15) is 4.88 Å². The fourth-order valence-electron chi connectivity index (χ4n) is 1.19. The standard InChI is InChI=1S/C9H7Cl2N3O2S2/c1-5-2-3-8(17-5)18(15,16)14-7-4-6(10)12-9(11)13-7/h2-4H,1H3,(H,12,13,14). The lowest BCUT2D eigenvalue weighted by molar-refractivity contribution is 0.603. The highest BCUT2D eigenvalue weighted by Crippen LogP contribution is 2.23. The van der Waals surface area contributed by atoms with Crippen molar-refractivity contribution < 1.29 is 8.42 Å². The molecule has 96 valence electrons. The predicted octanol–water partition coefficient (Wildman–Crippen LogP) is 2.95. The van der Waals surface area contributed by atoms with Gasteiger partial charge in [-0.25, -0.2) is 13.4 Å². The molecule has 2 aromatic heterocycles. The van der Waals surface area contributed by atoms with Crippen LogP contribution in [0.25, 0.3) is 0 Å². The predicted molar refractivity (Wildman–Crippen MR) is 71.9 cm³/mol. The highest BCUT2D eigenvalue weighted by molar-refractivity contribution is 7.94. The van der Waals surface area contributed by atoms with Crippen LogP contribution in [-0.2, 0) is 10.0 Å². The Balaban J connectivity index is 2.33. The summed E-state index contributed by atoms with van der Waals surface area (Å²) < 4.78 is 26.5. The second-order valence-electron chi connectivity index (χ2n) is 3.32. The van der Waals surface area contributed by atoms with Crippen molar-refractivity contribution >= 4 is 50.4 Å². The van der Waals surface area contributed by atoms with E-state index in [9.17, 15) is 8.42 Å². The Kier molecular flexibility index (Phi) is 3.76. The molecule has 0 saturated heterocycles. The van der Waals surface area contributed by atoms with Gasteiger partial charge in [0.1, 0.15) is 15.2 Å². The summed E-state index contributed by atoms with van der Waals surface area (Å²) in [5.41, 5.74) is 0. The minimum Gasteiger partial charge on any atom is -0.262 e. The zero-order valence-electron chi connectivity index (χ0n) is 9.02. The first-order valence-corrected chi connectivity index (χ1v) is 7.72. The molecule has 0 aliphatic carbocycles. The number of aromatic nitrogens is 2. The summed E-state index contributed by atoms with van der Waals surface area (Å²) in [6.07, 6.45) is 0. The number of sulfonamides is 1. The number of anilines is 1. The van der Waals surface area contributed by atoms with Gasteiger partial charge in [-0.05, 0) is 30.7 Å². The van der Waals surface area contributed by atoms with Gasteiger partial charge >= 0.3 is 0 Å². The van der Waals surface area contributed by atoms with Crippen molar-refractivity contribution in [1.29, 1.82) is 0 Å². The summed E-state index contributed by atoms with van der Waals surface area (Å²) in [4.78, 5) is 8.26. The van der Waals surface area contributed by atoms with Crippen LogP contribution in [0, 0.1) is 6.92 Å². The van der Waals surface area contributed by atoms with Crippen LogP contribution in [0.5, 0.6) is 0 Å². The van der Waals surface area contributed by atoms with Gasteiger partial charge in [0.15, 0.2) is 0 Å². The van der Waals surface area contributed by atoms with Crippen molar-refractivity contribution in [2.45, 2.75) is 11.1 Å². The van der Waals surface area contributed by atoms with E-state index < -0.39 is 10.0 Å². The molecule has 0 aliphatic rings. The number of hydrogen-bond acceptors (Lipinski definition) is 5. The average Bonchev–Trinajstić information content (AvgIpc) is 2.62. The Hall–Kier alpha value is -0.890. The molecule has 0 amide bonds. The van der Waals surface area contributed by atoms with Crippen LogP contribution in [-0.4, -0.2) is 18.4 Å². The monoisotopic (exact) mass is 323 g/mol. The molecule has 2 rings (SSSR count). The number of hydrogen-bond donors (Lipinski definition) is 1. The molecule has 0 bridgehead atoms. The fraction of sp³-hybridized carbons (Fsp3) is 0.111. The van der Waals surface area contributed by atoms with Gasteiger partial charge in [-0.15, -0.1) is 11.3 Å². The topological polar surface area (TPSA) is 72.0 Å². The largest absolute Gasteiger partial charge is 0.272 e. The third-order valence-electron chi connectivity index (χ3n) is 1.89. The zero-order chi connectivity index (χ0) is 13.3. The van der Waals surface area contributed by atoms with Gasteiger partial charge in [0, 0.05) is 10.9 Å². The minimum atomic E-state index is -3.67. The van der Waals surface area contributed by atoms with Gasteiger partial charge in [-0.2, -0.15) is 4.98 Å². The fourth-order valence-corrected chi connectivity index (χ4v) is 3.87. The number of aryl methyl sites for hydroxylation is 1. The molecule has 0 unspecified atom stereocenters. The van der Waals surface area contributed by atoms with E-state index in [0.717, 1.165) is 16.2 Å². The average molecular weight is 324 g/mol. The molecule has 9 heteroatoms. The molecule has 2 heterocycles. The quantitative estimate of drug-likeness (QED) is 0.696. The molecule has 0 aliphatic heterocycles. The van der Waals surface area contributed by atoms with Gasteiger partial charge in [0.2, 0.25) is 5.28 Å². The van der Waals surface area contributed by atoms with Crippen molar-refractivity contribution in [2.75, 3.05) is 4.72 Å². The maximum Gasteiger partial charge on any atom is 0.272 e. The molecule has 18 heavy (non-hydrogen) atoms. The van der Waals surface area contributed by atoms with E-state index in [-0.39, 0.29) is 20.5 Å². The van der Waals surface area contributed by atoms with Crippen LogP contribution in [0.3, 0.4) is 0 Å². The summed E-state index contributed by atoms with van der Waals surface area (Å²) in [7, 11) is -3.67. The highest BCUT2D eigenvalue weighted by Gasteiger charge is 2.17. The van der Waals surface area contributed by atoms with Crippen LogP contribution >= 0.6 is 34.5 Å². The summed E-state index contributed by atoms with van der Waals surface area (Å²) in [5.74, 6) is 0.0334. The van der Waals surface area contributed by atoms with Crippen LogP contribution in [0.15, 0.2) is 22.4 Å². The molecule has 1 N–H and O–H groups in total. The SMILES string of the molecule is Cc1ccc(S(=O)(=O)Nc2cc(Cl)nc(Cl)n2)s1. The number of nitrogens with zero attached hydrogens (tertiary/aromatic N) is 2. The Morgan fingerprint density at radius 1 is 1.28 bits per heavy atom. The number of nitrogens with one attached hydrogen (secondary N) is 1. The molecule has 2 aromatic rings. The number of rotatable bonds is 3. The second kappa shape index (κ2) is 5.00. The van der Waals surface area contributed by atoms with E-state index >= 15 is 0 Å². The van der Waals surface area contributed by atoms with Crippen molar-refractivity contribution in [3.8, 4) is 0 Å². The summed E-state index contributed by atoms with van der Waals surface area (Å²) in [6, 6.07) is 4.53. The van der Waals surface area contributed by atoms with E-state index in [2.05, 4.69) is 14.7 Å². The summed E-state index contributed by atoms with van der Waals surface area (Å²) in [6.45, 7) is 1.82. The molecule has 0 radical (unpaired) electrons. The Bertz CT molecular complexity index is 665. The maximum atomic E-state index is 12.0. The zero-order valence-corrected chi connectivity index (χ0v) is 12.2. The van der Waals surface area contributed by atoms with Crippen LogP contribution in [0.2, 0.25) is 10.4 Å². The van der Waals surface area contributed by atoms with Crippen molar-refractivity contribution in [3.05, 3.63) is 33.5 Å². The van der Waals surface area contributed by atoms with Gasteiger partial charge in [-0.3, -0.25) is 4.72 Å². The van der Waals surface area contributed by atoms with Crippen molar-refractivity contribution in [3.63, 3.8) is 0 Å². The lowest BCUT2D eigenvalue weighted by Crippen LogP contribution is -2.12. The summed E-state index contributed by atoms with van der Waals surface area (Å²) in [5, 5.41) is -0.0578. The first-order chi connectivity index (χ1) is 8.37. The second-order valence-corrected chi connectivity index (χ2v) is 7.24. The lowest BCUT2D eigenvalue weighted by Gasteiger charge is -2.05. The van der Waals surface area contributed by atoms with Gasteiger partial charge < -0.3 is 0 Å². The Labute approximate surface area is 118 Å². The minimum absolute atomic E-state index is 0.0334. The first-order valence-electron chi connectivity index (χ1n) is 4.66. The maximum absolute atomic E-state index is 12.0. The van der Waals surface area contributed by atoms with Gasteiger partial charge in [0.05, 0.1) is 0 Å². The highest BCUT2D eigenvalue weighted by atomic mass is 35.5. The Morgan fingerprint density at radius 3 is 2.56 bits per heavy atom. The van der Waals surface area contributed by atoms with Gasteiger partial charge in [0.25, 0.3) is 10.0 Å². The van der Waals surface area contributed by atoms with Crippen molar-refractivity contribution in [1.82, 2.24) is 9.97 Å². The molecule has 5 nitrogen and oxygen atoms in total. The van der Waals surface area contributed by atoms with Crippen molar-refractivity contribution in [2.24, 2.45) is 0 Å². The third kappa shape index (κ3) is 3.11. The third-order valence-corrected chi connectivity index (χ3v) is 5.10.